The lowest BCUT2D eigenvalue weighted by Crippen LogP contribution is -2.43. The van der Waals surface area contributed by atoms with Gasteiger partial charge in [-0.25, -0.2) is 4.79 Å². The van der Waals surface area contributed by atoms with Gasteiger partial charge in [-0.15, -0.1) is 5.06 Å². The summed E-state index contributed by atoms with van der Waals surface area (Å²) >= 11 is 0. The highest BCUT2D eigenvalue weighted by atomic mass is 16.7. The van der Waals surface area contributed by atoms with Gasteiger partial charge in [-0.1, -0.05) is 97.4 Å². The van der Waals surface area contributed by atoms with Gasteiger partial charge in [0.25, 0.3) is 11.8 Å². The van der Waals surface area contributed by atoms with Gasteiger partial charge in [0.05, 0.1) is 83.3 Å². The van der Waals surface area contributed by atoms with E-state index in [1.165, 1.54) is 0 Å². The fourth-order valence-corrected chi connectivity index (χ4v) is 13.5. The minimum Gasteiger partial charge on any atom is -0.481 e. The largest absolute Gasteiger partial charge is 0.481 e. The number of carboxylic acid groups (broad SMARTS) is 3. The lowest BCUT2D eigenvalue weighted by atomic mass is 10.0. The maximum atomic E-state index is 12.6. The minimum absolute atomic E-state index is 0. The first kappa shape index (κ1) is 112. The molecule has 2 unspecified atom stereocenters. The molecular weight excluding hydrogens is 1650 g/mol. The number of rotatable bonds is 41. The van der Waals surface area contributed by atoms with Crippen LogP contribution in [-0.2, 0) is 120 Å². The van der Waals surface area contributed by atoms with Crippen LogP contribution in [0.2, 0.25) is 0 Å². The molecule has 0 radical (unpaired) electrons. The number of carboxylic acids is 3. The van der Waals surface area contributed by atoms with E-state index in [0.29, 0.717) is 200 Å². The highest BCUT2D eigenvalue weighted by Gasteiger charge is 2.34. The lowest BCUT2D eigenvalue weighted by Gasteiger charge is -2.30. The number of imide groups is 1. The number of nitrogens with zero attached hydrogens (tertiary/aromatic N) is 16. The molecule has 4 aliphatic rings. The molecule has 4 heterocycles. The van der Waals surface area contributed by atoms with E-state index in [1.54, 1.807) is 6.92 Å². The molecule has 2 atom stereocenters. The van der Waals surface area contributed by atoms with Crippen molar-refractivity contribution in [3.8, 4) is 0 Å². The third kappa shape index (κ3) is 55.0. The van der Waals surface area contributed by atoms with E-state index in [2.05, 4.69) is 54.4 Å². The lowest BCUT2D eigenvalue weighted by molar-refractivity contribution is -0.197. The van der Waals surface area contributed by atoms with E-state index in [9.17, 15) is 63.6 Å². The van der Waals surface area contributed by atoms with E-state index < -0.39 is 70.7 Å². The molecule has 7 rings (SSSR count). The number of aliphatic hydroxyl groups excluding tert-OH is 2. The quantitative estimate of drug-likeness (QED) is 0.00701. The maximum Gasteiger partial charge on any atom is 0.337 e. The van der Waals surface area contributed by atoms with Crippen LogP contribution < -0.4 is 0 Å². The molecule has 0 spiro atoms. The third-order valence-electron chi connectivity index (χ3n) is 19.3. The Morgan fingerprint density at radius 3 is 1.02 bits per heavy atom. The van der Waals surface area contributed by atoms with Gasteiger partial charge in [-0.3, -0.25) is 82.5 Å². The summed E-state index contributed by atoms with van der Waals surface area (Å²) in [6.07, 6.45) is -0.332. The number of carbonyl (C=O) groups is 9. The zero-order valence-electron chi connectivity index (χ0n) is 76.6. The van der Waals surface area contributed by atoms with Crippen LogP contribution in [0, 0.1) is 0 Å². The molecule has 0 bridgehead atoms. The van der Waals surface area contributed by atoms with Crippen molar-refractivity contribution in [2.45, 2.75) is 197 Å². The van der Waals surface area contributed by atoms with Gasteiger partial charge in [0, 0.05) is 206 Å². The summed E-state index contributed by atoms with van der Waals surface area (Å²) in [5, 5.41) is 55.6. The molecule has 3 aromatic carbocycles. The molecule has 38 nitrogen and oxygen atoms in total. The van der Waals surface area contributed by atoms with Crippen molar-refractivity contribution in [2.24, 2.45) is 10.2 Å². The fraction of sp³-hybridized carbons (Fsp3) is 0.697. The zero-order chi connectivity index (χ0) is 93.3. The van der Waals surface area contributed by atoms with E-state index in [4.69, 9.17) is 54.2 Å². The average molecular weight is 1790 g/mol. The van der Waals surface area contributed by atoms with Crippen molar-refractivity contribution in [3.05, 3.63) is 127 Å². The van der Waals surface area contributed by atoms with Crippen molar-refractivity contribution in [3.63, 3.8) is 0 Å². The predicted molar refractivity (Wildman–Crippen MR) is 478 cm³/mol. The molecule has 4 fully saturated rings. The van der Waals surface area contributed by atoms with Gasteiger partial charge in [-0.2, -0.15) is 0 Å². The number of azide groups is 2. The van der Waals surface area contributed by atoms with Crippen molar-refractivity contribution < 1.29 is 107 Å². The minimum atomic E-state index is -0.936. The normalized spacial score (nSPS) is 16.9. The monoisotopic (exact) mass is 1790 g/mol. The second kappa shape index (κ2) is 60.2. The molecule has 0 saturated carbocycles. The maximum absolute atomic E-state index is 12.6. The van der Waals surface area contributed by atoms with Crippen LogP contribution in [0.15, 0.2) is 83.0 Å². The molecule has 2 amide bonds. The number of hydrogen-bond acceptors (Lipinski definition) is 30. The van der Waals surface area contributed by atoms with Gasteiger partial charge in [-0.05, 0) is 134 Å². The van der Waals surface area contributed by atoms with E-state index >= 15 is 0 Å². The first-order valence-electron chi connectivity index (χ1n) is 43.4. The summed E-state index contributed by atoms with van der Waals surface area (Å²) in [6.45, 7) is 43.0. The number of aliphatic carboxylic acids is 3. The van der Waals surface area contributed by atoms with Crippen molar-refractivity contribution in [1.82, 2.24) is 49.2 Å². The SMILES string of the molecule is C.CC(C)(C)OC(=O)CN1CCN(Cc2ccc(CC(=O)O)cc2)CCN(CC(O)OC(C)(C)C)CC1.CC(C)(C)OC(=O)CN1CCN(Cc2ccc(CC(=O)ON3C(=O)CCC3=O)cc2)CCN(CC(O)OC(C)(C)C)CC1.CCN=[N+]=[N-].[N-]=[N+]=NCCOCCOCCOCCCC(=O)Cc1ccc(CN2CCN(CC(=O)O)CCN(CC(=O)O)CC2)cc1. The number of ether oxygens (including phenoxy) is 7. The standard InChI is InChI=1S/C31H48N4O8.C28H44N6O8.C27H45N3O6.C2H5N3.CH4/c1-30(2,3)41-28(39)21-33-15-13-32(14-16-34(18-17-33)22-29(40)42-31(4,5)6)20-24-9-7-23(8-10-24)19-27(38)43-35-25(36)11-12-26(35)37;29-31-30-7-15-41-17-19-42-18-16-40-14-1-2-26(35)20-24-3-5-25(6-4-24)21-32-8-10-33(22-27(36)37)12-13-34(11-9-32)23-28(38)39;1-26(2,3)35-24(33)19-29-13-11-28(18-22-9-7-21(8-10-22)17-23(31)32)12-14-30(16-15-29)20-25(34)36-27(4,5)6;1-2-4-5-3;/h7-10,28,39H,11-22H2,1-6H3;3-6H,1-2,7-23H2,(H,36,37)(H,38,39);7-10,24,33H,11-20H2,1-6H3,(H,31,32);2H2,1H3;1H4. The summed E-state index contributed by atoms with van der Waals surface area (Å²) in [7, 11) is 0. The van der Waals surface area contributed by atoms with Gasteiger partial charge >= 0.3 is 35.8 Å². The molecule has 0 aliphatic carbocycles. The van der Waals surface area contributed by atoms with Gasteiger partial charge in [0.2, 0.25) is 0 Å². The van der Waals surface area contributed by atoms with Crippen LogP contribution in [0.5, 0.6) is 0 Å². The number of hydroxylamine groups is 2. The number of β-amino-alcohol motifs (C(OH)–C–C–N with tert-alkyl or cyclic N) is 2. The molecule has 38 heteroatoms. The summed E-state index contributed by atoms with van der Waals surface area (Å²) in [6, 6.07) is 23.2. The Morgan fingerprint density at radius 2 is 0.701 bits per heavy atom. The third-order valence-corrected chi connectivity index (χ3v) is 19.3. The topological polar surface area (TPSA) is 459 Å². The predicted octanol–water partition coefficient (Wildman–Crippen LogP) is 7.42. The highest BCUT2D eigenvalue weighted by molar-refractivity contribution is 6.01. The summed E-state index contributed by atoms with van der Waals surface area (Å²) in [4.78, 5) is 136. The smallest absolute Gasteiger partial charge is 0.337 e. The number of benzene rings is 3. The second-order valence-electron chi connectivity index (χ2n) is 35.3. The first-order valence-corrected chi connectivity index (χ1v) is 43.4. The number of carbonyl (C=O) groups excluding carboxylic acids is 6. The average Bonchev–Trinajstić information content (AvgIpc) is 1.67. The van der Waals surface area contributed by atoms with Crippen molar-refractivity contribution in [1.29, 1.82) is 0 Å². The highest BCUT2D eigenvalue weighted by Crippen LogP contribution is 2.20. The number of ketones is 1. The van der Waals surface area contributed by atoms with Crippen LogP contribution in [-0.4, -0.2) is 373 Å². The molecule has 0 aromatic heterocycles. The van der Waals surface area contributed by atoms with Crippen LogP contribution in [0.25, 0.3) is 20.9 Å². The fourth-order valence-electron chi connectivity index (χ4n) is 13.5. The molecule has 714 valence electrons. The molecule has 4 aliphatic heterocycles. The van der Waals surface area contributed by atoms with Crippen LogP contribution in [0.3, 0.4) is 0 Å². The van der Waals surface area contributed by atoms with Crippen LogP contribution in [0.4, 0.5) is 0 Å². The number of esters is 2. The summed E-state index contributed by atoms with van der Waals surface area (Å²) in [5.74, 6) is -4.67. The van der Waals surface area contributed by atoms with Crippen LogP contribution >= 0.6 is 0 Å². The Kier molecular flexibility index (Phi) is 53.3. The molecule has 5 N–H and O–H groups in total. The molecule has 4 saturated heterocycles. The zero-order valence-corrected chi connectivity index (χ0v) is 76.6. The number of amides is 2. The Balaban J connectivity index is 0.000000478. The summed E-state index contributed by atoms with van der Waals surface area (Å²) in [5.41, 5.74) is 19.3. The van der Waals surface area contributed by atoms with Crippen molar-refractivity contribution >= 4 is 53.4 Å². The van der Waals surface area contributed by atoms with E-state index in [1.807, 2.05) is 166 Å². The van der Waals surface area contributed by atoms with Crippen LogP contribution in [0.1, 0.15) is 156 Å². The Hall–Kier alpha value is -8.73. The van der Waals surface area contributed by atoms with E-state index in [-0.39, 0.29) is 77.0 Å². The number of hydrogen-bond donors (Lipinski definition) is 5. The first-order chi connectivity index (χ1) is 59.5. The number of Topliss-reactive ketones (excluding diaryl/α,β-unsaturated/α-hetero) is 1. The van der Waals surface area contributed by atoms with Gasteiger partial charge < -0.3 is 63.5 Å². The van der Waals surface area contributed by atoms with Gasteiger partial charge in [0.15, 0.2) is 12.6 Å². The molecular formula is C89H146N16O22. The van der Waals surface area contributed by atoms with E-state index in [0.717, 1.165) is 60.5 Å². The summed E-state index contributed by atoms with van der Waals surface area (Å²) < 4.78 is 38.7. The Bertz CT molecular complexity index is 3800. The molecule has 3 aromatic rings. The van der Waals surface area contributed by atoms with Crippen molar-refractivity contribution in [2.75, 3.05) is 210 Å². The number of aliphatic hydroxyl groups is 2. The molecule has 127 heavy (non-hydrogen) atoms. The Morgan fingerprint density at radius 1 is 0.394 bits per heavy atom. The second-order valence-corrected chi connectivity index (χ2v) is 35.3. The Labute approximate surface area is 750 Å². The van der Waals surface area contributed by atoms with Gasteiger partial charge in [0.1, 0.15) is 17.0 Å².